The number of hydrogen-bond donors (Lipinski definition) is 1. The van der Waals surface area contributed by atoms with Crippen molar-refractivity contribution in [3.8, 4) is 0 Å². The molecular weight excluding hydrogens is 337 g/mol. The molecule has 0 aliphatic rings. The first-order chi connectivity index (χ1) is 8.32. The third-order valence-corrected chi connectivity index (χ3v) is 4.85. The summed E-state index contributed by atoms with van der Waals surface area (Å²) in [6.45, 7) is 5.89. The molecule has 5 heteroatoms. The van der Waals surface area contributed by atoms with Crippen molar-refractivity contribution in [2.24, 2.45) is 5.92 Å². The van der Waals surface area contributed by atoms with Crippen molar-refractivity contribution < 1.29 is 4.79 Å². The van der Waals surface area contributed by atoms with Crippen LogP contribution in [0.1, 0.15) is 32.4 Å². The third-order valence-electron chi connectivity index (χ3n) is 2.64. The molecule has 2 nitrogen and oxygen atoms in total. The average Bonchev–Trinajstić information content (AvgIpc) is 2.31. The van der Waals surface area contributed by atoms with E-state index in [4.69, 9.17) is 23.2 Å². The van der Waals surface area contributed by atoms with Crippen molar-refractivity contribution in [2.75, 3.05) is 0 Å². The Hall–Kier alpha value is -0.250. The SMILES string of the molecule is CC(NC(=O)C(Br)C(C)C)c1ccc(Cl)c(Cl)c1. The fourth-order valence-electron chi connectivity index (χ4n) is 1.46. The highest BCUT2D eigenvalue weighted by Crippen LogP contribution is 2.25. The number of alkyl halides is 1. The lowest BCUT2D eigenvalue weighted by atomic mass is 10.1. The highest BCUT2D eigenvalue weighted by molar-refractivity contribution is 9.10. The molecule has 2 atom stereocenters. The zero-order chi connectivity index (χ0) is 13.9. The largest absolute Gasteiger partial charge is 0.349 e. The molecule has 0 radical (unpaired) electrons. The molecule has 100 valence electrons. The van der Waals surface area contributed by atoms with E-state index in [1.54, 1.807) is 12.1 Å². The van der Waals surface area contributed by atoms with Crippen LogP contribution >= 0.6 is 39.1 Å². The lowest BCUT2D eigenvalue weighted by Crippen LogP contribution is -2.35. The van der Waals surface area contributed by atoms with E-state index in [0.717, 1.165) is 5.56 Å². The minimum atomic E-state index is -0.192. The third kappa shape index (κ3) is 4.15. The van der Waals surface area contributed by atoms with Gasteiger partial charge in [0.15, 0.2) is 0 Å². The fraction of sp³-hybridized carbons (Fsp3) is 0.462. The van der Waals surface area contributed by atoms with E-state index in [0.29, 0.717) is 10.0 Å². The van der Waals surface area contributed by atoms with Crippen LogP contribution in [0.5, 0.6) is 0 Å². The molecule has 0 saturated heterocycles. The van der Waals surface area contributed by atoms with E-state index in [2.05, 4.69) is 21.2 Å². The van der Waals surface area contributed by atoms with Gasteiger partial charge in [-0.2, -0.15) is 0 Å². The zero-order valence-electron chi connectivity index (χ0n) is 10.5. The second-order valence-corrected chi connectivity index (χ2v) is 6.35. The minimum absolute atomic E-state index is 0.0245. The number of amides is 1. The van der Waals surface area contributed by atoms with Gasteiger partial charge in [-0.1, -0.05) is 59.0 Å². The molecule has 0 spiro atoms. The van der Waals surface area contributed by atoms with Gasteiger partial charge in [0.05, 0.1) is 20.9 Å². The van der Waals surface area contributed by atoms with Crippen LogP contribution in [0.15, 0.2) is 18.2 Å². The van der Waals surface area contributed by atoms with Gasteiger partial charge in [0.25, 0.3) is 0 Å². The van der Waals surface area contributed by atoms with E-state index < -0.39 is 0 Å². The van der Waals surface area contributed by atoms with Gasteiger partial charge >= 0.3 is 0 Å². The number of nitrogens with one attached hydrogen (secondary N) is 1. The molecule has 0 aliphatic heterocycles. The van der Waals surface area contributed by atoms with Crippen LogP contribution in [-0.4, -0.2) is 10.7 Å². The first kappa shape index (κ1) is 15.8. The normalized spacial score (nSPS) is 14.4. The minimum Gasteiger partial charge on any atom is -0.349 e. The molecule has 1 amide bonds. The summed E-state index contributed by atoms with van der Waals surface area (Å²) in [4.78, 5) is 11.7. The summed E-state index contributed by atoms with van der Waals surface area (Å²) in [7, 11) is 0. The summed E-state index contributed by atoms with van der Waals surface area (Å²) in [5.41, 5.74) is 0.932. The maximum absolute atomic E-state index is 11.9. The average molecular weight is 353 g/mol. The summed E-state index contributed by atoms with van der Waals surface area (Å²) >= 11 is 15.2. The van der Waals surface area contributed by atoms with Gasteiger partial charge in [-0.15, -0.1) is 0 Å². The quantitative estimate of drug-likeness (QED) is 0.789. The highest BCUT2D eigenvalue weighted by Gasteiger charge is 2.20. The van der Waals surface area contributed by atoms with Crippen LogP contribution in [0.4, 0.5) is 0 Å². The molecule has 1 rings (SSSR count). The predicted octanol–water partition coefficient (Wildman–Crippen LogP) is 4.59. The lowest BCUT2D eigenvalue weighted by molar-refractivity contribution is -0.121. The van der Waals surface area contributed by atoms with E-state index in [1.807, 2.05) is 26.8 Å². The van der Waals surface area contributed by atoms with Crippen molar-refractivity contribution in [3.05, 3.63) is 33.8 Å². The second kappa shape index (κ2) is 6.78. The zero-order valence-corrected chi connectivity index (χ0v) is 13.6. The van der Waals surface area contributed by atoms with Crippen LogP contribution in [0.2, 0.25) is 10.0 Å². The van der Waals surface area contributed by atoms with Crippen LogP contribution in [0.25, 0.3) is 0 Å². The smallest absolute Gasteiger partial charge is 0.234 e. The topological polar surface area (TPSA) is 29.1 Å². The van der Waals surface area contributed by atoms with E-state index in [1.165, 1.54) is 0 Å². The first-order valence-corrected chi connectivity index (χ1v) is 7.39. The van der Waals surface area contributed by atoms with Crippen molar-refractivity contribution >= 4 is 45.0 Å². The standard InChI is InChI=1S/C13H16BrCl2NO/c1-7(2)12(14)13(18)17-8(3)9-4-5-10(15)11(16)6-9/h4-8,12H,1-3H3,(H,17,18). The van der Waals surface area contributed by atoms with E-state index >= 15 is 0 Å². The Morgan fingerprint density at radius 3 is 2.33 bits per heavy atom. The Morgan fingerprint density at radius 2 is 1.83 bits per heavy atom. The molecule has 1 N–H and O–H groups in total. The van der Waals surface area contributed by atoms with Gasteiger partial charge in [-0.05, 0) is 30.5 Å². The monoisotopic (exact) mass is 351 g/mol. The van der Waals surface area contributed by atoms with Crippen LogP contribution in [-0.2, 0) is 4.79 Å². The van der Waals surface area contributed by atoms with Gasteiger partial charge < -0.3 is 5.32 Å². The number of halogens is 3. The summed E-state index contributed by atoms with van der Waals surface area (Å²) in [6, 6.07) is 5.26. The van der Waals surface area contributed by atoms with Crippen LogP contribution in [0.3, 0.4) is 0 Å². The molecule has 0 saturated carbocycles. The molecule has 0 aliphatic carbocycles. The van der Waals surface area contributed by atoms with Gasteiger partial charge in [0.2, 0.25) is 5.91 Å². The van der Waals surface area contributed by atoms with Gasteiger partial charge in [-0.25, -0.2) is 0 Å². The Labute approximate surface area is 126 Å². The molecule has 2 unspecified atom stereocenters. The molecule has 1 aromatic carbocycles. The number of rotatable bonds is 4. The Bertz CT molecular complexity index is 437. The van der Waals surface area contributed by atoms with Crippen LogP contribution in [0, 0.1) is 5.92 Å². The fourth-order valence-corrected chi connectivity index (χ4v) is 1.90. The Kier molecular flexibility index (Phi) is 5.96. The van der Waals surface area contributed by atoms with Crippen molar-refractivity contribution in [2.45, 2.75) is 31.6 Å². The Balaban J connectivity index is 2.73. The van der Waals surface area contributed by atoms with Crippen molar-refractivity contribution in [3.63, 3.8) is 0 Å². The molecule has 0 bridgehead atoms. The van der Waals surface area contributed by atoms with E-state index in [9.17, 15) is 4.79 Å². The summed E-state index contributed by atoms with van der Waals surface area (Å²) in [5.74, 6) is 0.217. The lowest BCUT2D eigenvalue weighted by Gasteiger charge is -2.19. The van der Waals surface area contributed by atoms with Gasteiger partial charge in [-0.3, -0.25) is 4.79 Å². The molecule has 0 fully saturated rings. The van der Waals surface area contributed by atoms with Gasteiger partial charge in [0.1, 0.15) is 0 Å². The molecule has 0 heterocycles. The predicted molar refractivity (Wildman–Crippen MR) is 80.6 cm³/mol. The molecular formula is C13H16BrCl2NO. The van der Waals surface area contributed by atoms with Crippen molar-refractivity contribution in [1.82, 2.24) is 5.32 Å². The number of hydrogen-bond acceptors (Lipinski definition) is 1. The maximum Gasteiger partial charge on any atom is 0.234 e. The summed E-state index contributed by atoms with van der Waals surface area (Å²) in [5, 5.41) is 3.94. The number of carbonyl (C=O) groups excluding carboxylic acids is 1. The molecule has 18 heavy (non-hydrogen) atoms. The number of benzene rings is 1. The molecule has 1 aromatic rings. The Morgan fingerprint density at radius 1 is 1.22 bits per heavy atom. The van der Waals surface area contributed by atoms with Gasteiger partial charge in [0, 0.05) is 0 Å². The first-order valence-electron chi connectivity index (χ1n) is 5.72. The van der Waals surface area contributed by atoms with Crippen molar-refractivity contribution in [1.29, 1.82) is 0 Å². The summed E-state index contributed by atoms with van der Waals surface area (Å²) in [6.07, 6.45) is 0. The second-order valence-electron chi connectivity index (χ2n) is 4.55. The molecule has 0 aromatic heterocycles. The maximum atomic E-state index is 11.9. The van der Waals surface area contributed by atoms with Crippen LogP contribution < -0.4 is 5.32 Å². The highest BCUT2D eigenvalue weighted by atomic mass is 79.9. The number of carbonyl (C=O) groups is 1. The van der Waals surface area contributed by atoms with E-state index in [-0.39, 0.29) is 22.7 Å². The summed E-state index contributed by atoms with van der Waals surface area (Å²) < 4.78 is 0.